The van der Waals surface area contributed by atoms with Crippen molar-refractivity contribution in [1.82, 2.24) is 4.90 Å². The summed E-state index contributed by atoms with van der Waals surface area (Å²) in [5.41, 5.74) is 1.47. The van der Waals surface area contributed by atoms with Crippen molar-refractivity contribution in [2.75, 3.05) is 20.3 Å². The Morgan fingerprint density at radius 3 is 2.29 bits per heavy atom. The first-order valence-electron chi connectivity index (χ1n) is 6.48. The first-order chi connectivity index (χ1) is 8.12. The Morgan fingerprint density at radius 2 is 1.71 bits per heavy atom. The maximum absolute atomic E-state index is 5.44. The molecule has 0 atom stereocenters. The summed E-state index contributed by atoms with van der Waals surface area (Å²) in [6.07, 6.45) is 2.29. The molecule has 1 saturated heterocycles. The Morgan fingerprint density at radius 1 is 1.12 bits per heavy atom. The van der Waals surface area contributed by atoms with Crippen LogP contribution < -0.4 is 0 Å². The van der Waals surface area contributed by atoms with Crippen molar-refractivity contribution in [2.24, 2.45) is 0 Å². The molecule has 0 N–H and O–H groups in total. The number of nitrogens with zero attached hydrogens (tertiary/aromatic N) is 1. The van der Waals surface area contributed by atoms with Crippen LogP contribution in [0.1, 0.15) is 32.3 Å². The topological polar surface area (TPSA) is 12.5 Å². The molecular formula is C15H23NO. The maximum Gasteiger partial charge on any atom is 0.0480 e. The predicted octanol–water partition coefficient (Wildman–Crippen LogP) is 3.03. The van der Waals surface area contributed by atoms with Crippen LogP contribution in [0.2, 0.25) is 0 Å². The van der Waals surface area contributed by atoms with Gasteiger partial charge in [-0.3, -0.25) is 4.90 Å². The zero-order valence-electron chi connectivity index (χ0n) is 11.1. The van der Waals surface area contributed by atoms with E-state index in [0.717, 1.165) is 26.1 Å². The molecule has 0 saturated carbocycles. The van der Waals surface area contributed by atoms with Crippen molar-refractivity contribution in [1.29, 1.82) is 0 Å². The minimum Gasteiger partial charge on any atom is -0.381 e. The molecular weight excluding hydrogens is 210 g/mol. The fourth-order valence-electron chi connectivity index (χ4n) is 2.58. The van der Waals surface area contributed by atoms with Crippen LogP contribution >= 0.6 is 0 Å². The SMILES string of the molecule is CN(C1CCOCC1)C(C)(C)c1ccccc1. The molecule has 2 nitrogen and oxygen atoms in total. The molecule has 0 radical (unpaired) electrons. The molecule has 0 unspecified atom stereocenters. The van der Waals surface area contributed by atoms with Gasteiger partial charge < -0.3 is 4.74 Å². The number of benzene rings is 1. The lowest BCUT2D eigenvalue weighted by molar-refractivity contribution is 0.00554. The lowest BCUT2D eigenvalue weighted by Gasteiger charge is -2.43. The highest BCUT2D eigenvalue weighted by atomic mass is 16.5. The highest BCUT2D eigenvalue weighted by Crippen LogP contribution is 2.30. The third-order valence-electron chi connectivity index (χ3n) is 4.10. The average Bonchev–Trinajstić information content (AvgIpc) is 2.40. The molecule has 17 heavy (non-hydrogen) atoms. The van der Waals surface area contributed by atoms with E-state index >= 15 is 0 Å². The van der Waals surface area contributed by atoms with Gasteiger partial charge in [-0.25, -0.2) is 0 Å². The molecule has 1 aliphatic heterocycles. The van der Waals surface area contributed by atoms with E-state index in [1.807, 2.05) is 0 Å². The van der Waals surface area contributed by atoms with Crippen molar-refractivity contribution in [3.8, 4) is 0 Å². The first kappa shape index (κ1) is 12.6. The van der Waals surface area contributed by atoms with E-state index in [1.54, 1.807) is 0 Å². The second kappa shape index (κ2) is 5.19. The van der Waals surface area contributed by atoms with Gasteiger partial charge >= 0.3 is 0 Å². The Bertz CT molecular complexity index is 341. The van der Waals surface area contributed by atoms with E-state index in [-0.39, 0.29) is 5.54 Å². The molecule has 0 amide bonds. The summed E-state index contributed by atoms with van der Waals surface area (Å²) in [5, 5.41) is 0. The van der Waals surface area contributed by atoms with Gasteiger partial charge in [-0.2, -0.15) is 0 Å². The summed E-state index contributed by atoms with van der Waals surface area (Å²) >= 11 is 0. The Balaban J connectivity index is 2.14. The van der Waals surface area contributed by atoms with Gasteiger partial charge in [0, 0.05) is 24.8 Å². The first-order valence-corrected chi connectivity index (χ1v) is 6.48. The second-order valence-corrected chi connectivity index (χ2v) is 5.38. The Labute approximate surface area is 105 Å². The van der Waals surface area contributed by atoms with Crippen LogP contribution in [0.15, 0.2) is 30.3 Å². The minimum atomic E-state index is 0.0866. The van der Waals surface area contributed by atoms with E-state index in [1.165, 1.54) is 5.56 Å². The molecule has 1 aliphatic rings. The lowest BCUT2D eigenvalue weighted by atomic mass is 9.90. The monoisotopic (exact) mass is 233 g/mol. The summed E-state index contributed by atoms with van der Waals surface area (Å²) in [6.45, 7) is 6.41. The van der Waals surface area contributed by atoms with E-state index in [9.17, 15) is 0 Å². The summed E-state index contributed by atoms with van der Waals surface area (Å²) < 4.78 is 5.44. The van der Waals surface area contributed by atoms with Gasteiger partial charge in [0.1, 0.15) is 0 Å². The number of ether oxygens (including phenoxy) is 1. The minimum absolute atomic E-state index is 0.0866. The van der Waals surface area contributed by atoms with Crippen LogP contribution in [0.4, 0.5) is 0 Å². The molecule has 0 spiro atoms. The fraction of sp³-hybridized carbons (Fsp3) is 0.600. The summed E-state index contributed by atoms with van der Waals surface area (Å²) in [7, 11) is 2.24. The zero-order valence-corrected chi connectivity index (χ0v) is 11.1. The molecule has 0 aromatic heterocycles. The normalized spacial score (nSPS) is 18.6. The van der Waals surface area contributed by atoms with Crippen LogP contribution in [0.25, 0.3) is 0 Å². The van der Waals surface area contributed by atoms with Gasteiger partial charge in [-0.1, -0.05) is 30.3 Å². The smallest absolute Gasteiger partial charge is 0.0480 e. The molecule has 0 aliphatic carbocycles. The molecule has 1 fully saturated rings. The molecule has 2 heteroatoms. The summed E-state index contributed by atoms with van der Waals surface area (Å²) in [5.74, 6) is 0. The molecule has 1 aromatic carbocycles. The number of rotatable bonds is 3. The van der Waals surface area contributed by atoms with E-state index in [0.29, 0.717) is 6.04 Å². The van der Waals surface area contributed by atoms with Crippen molar-refractivity contribution in [3.05, 3.63) is 35.9 Å². The maximum atomic E-state index is 5.44. The summed E-state index contributed by atoms with van der Waals surface area (Å²) in [4.78, 5) is 2.50. The molecule has 1 aromatic rings. The van der Waals surface area contributed by atoms with Crippen LogP contribution in [-0.2, 0) is 10.3 Å². The number of hydrogen-bond donors (Lipinski definition) is 0. The standard InChI is InChI=1S/C15H23NO/c1-15(2,13-7-5-4-6-8-13)16(3)14-9-11-17-12-10-14/h4-8,14H,9-12H2,1-3H3. The van der Waals surface area contributed by atoms with Crippen LogP contribution in [0.5, 0.6) is 0 Å². The van der Waals surface area contributed by atoms with Gasteiger partial charge in [-0.05, 0) is 39.3 Å². The van der Waals surface area contributed by atoms with Gasteiger partial charge in [-0.15, -0.1) is 0 Å². The molecule has 2 rings (SSSR count). The van der Waals surface area contributed by atoms with Crippen molar-refractivity contribution in [3.63, 3.8) is 0 Å². The number of hydrogen-bond acceptors (Lipinski definition) is 2. The van der Waals surface area contributed by atoms with Crippen LogP contribution in [0.3, 0.4) is 0 Å². The summed E-state index contributed by atoms with van der Waals surface area (Å²) in [6, 6.07) is 11.4. The average molecular weight is 233 g/mol. The van der Waals surface area contributed by atoms with E-state index in [4.69, 9.17) is 4.74 Å². The van der Waals surface area contributed by atoms with Crippen LogP contribution in [-0.4, -0.2) is 31.2 Å². The molecule has 1 heterocycles. The van der Waals surface area contributed by atoms with Gasteiger partial charge in [0.2, 0.25) is 0 Å². The highest BCUT2D eigenvalue weighted by Gasteiger charge is 2.31. The fourth-order valence-corrected chi connectivity index (χ4v) is 2.58. The van der Waals surface area contributed by atoms with E-state index < -0.39 is 0 Å². The third kappa shape index (κ3) is 2.70. The van der Waals surface area contributed by atoms with Gasteiger partial charge in [0.05, 0.1) is 0 Å². The molecule has 0 bridgehead atoms. The largest absolute Gasteiger partial charge is 0.381 e. The van der Waals surface area contributed by atoms with Crippen LogP contribution in [0, 0.1) is 0 Å². The van der Waals surface area contributed by atoms with Crippen molar-refractivity contribution >= 4 is 0 Å². The van der Waals surface area contributed by atoms with Crippen molar-refractivity contribution < 1.29 is 4.74 Å². The lowest BCUT2D eigenvalue weighted by Crippen LogP contribution is -2.47. The van der Waals surface area contributed by atoms with Crippen molar-refractivity contribution in [2.45, 2.75) is 38.3 Å². The quantitative estimate of drug-likeness (QED) is 0.795. The third-order valence-corrected chi connectivity index (χ3v) is 4.10. The van der Waals surface area contributed by atoms with Gasteiger partial charge in [0.25, 0.3) is 0 Å². The second-order valence-electron chi connectivity index (χ2n) is 5.38. The van der Waals surface area contributed by atoms with E-state index in [2.05, 4.69) is 56.1 Å². The highest BCUT2D eigenvalue weighted by molar-refractivity contribution is 5.23. The molecule has 94 valence electrons. The Hall–Kier alpha value is -0.860. The Kier molecular flexibility index (Phi) is 3.85. The zero-order chi connectivity index (χ0) is 12.3. The predicted molar refractivity (Wildman–Crippen MR) is 71.1 cm³/mol. The van der Waals surface area contributed by atoms with Gasteiger partial charge in [0.15, 0.2) is 0 Å².